The number of nitrogens with one attached hydrogen (secondary N) is 2. The van der Waals surface area contributed by atoms with E-state index in [1.807, 2.05) is 11.0 Å². The van der Waals surface area contributed by atoms with Crippen molar-refractivity contribution in [2.45, 2.75) is 19.0 Å². The predicted molar refractivity (Wildman–Crippen MR) is 108 cm³/mol. The second kappa shape index (κ2) is 7.67. The fraction of sp³-hybridized carbons (Fsp3) is 0.350. The van der Waals surface area contributed by atoms with Gasteiger partial charge in [-0.2, -0.15) is 5.10 Å². The monoisotopic (exact) mass is 398 g/mol. The fourth-order valence-corrected chi connectivity index (χ4v) is 3.75. The van der Waals surface area contributed by atoms with Gasteiger partial charge in [-0.25, -0.2) is 9.18 Å². The van der Waals surface area contributed by atoms with Crippen LogP contribution in [-0.4, -0.2) is 38.5 Å². The summed E-state index contributed by atoms with van der Waals surface area (Å²) < 4.78 is 16.1. The normalized spacial score (nSPS) is 16.5. The van der Waals surface area contributed by atoms with Gasteiger partial charge in [0.15, 0.2) is 0 Å². The molecule has 0 radical (unpaired) electrons. The van der Waals surface area contributed by atoms with Crippen LogP contribution >= 0.6 is 0 Å². The Kier molecular flexibility index (Phi) is 5.06. The van der Waals surface area contributed by atoms with Crippen molar-refractivity contribution in [3.8, 4) is 11.3 Å². The Bertz CT molecular complexity index is 1150. The molecule has 2 N–H and O–H groups in total. The lowest BCUT2D eigenvalue weighted by Gasteiger charge is -2.21. The minimum atomic E-state index is -0.331. The maximum absolute atomic E-state index is 13.5. The minimum absolute atomic E-state index is 0.199. The third-order valence-electron chi connectivity index (χ3n) is 5.43. The highest BCUT2D eigenvalue weighted by molar-refractivity contribution is 5.62. The number of H-pyrrole nitrogens is 1. The summed E-state index contributed by atoms with van der Waals surface area (Å²) in [6, 6.07) is 8.10. The zero-order chi connectivity index (χ0) is 20.5. The zero-order valence-electron chi connectivity index (χ0n) is 16.4. The molecule has 0 unspecified atom stereocenters. The highest BCUT2D eigenvalue weighted by atomic mass is 19.1. The van der Waals surface area contributed by atoms with E-state index in [1.54, 1.807) is 19.3 Å². The molecule has 1 aromatic carbocycles. The lowest BCUT2D eigenvalue weighted by atomic mass is 10.1. The molecule has 0 bridgehead atoms. The largest absolute Gasteiger partial charge is 0.356 e. The summed E-state index contributed by atoms with van der Waals surface area (Å²) in [6.07, 6.45) is 2.63. The Balaban J connectivity index is 1.45. The average Bonchev–Trinajstić information content (AvgIpc) is 3.37. The first-order chi connectivity index (χ1) is 13.9. The molecule has 29 heavy (non-hydrogen) atoms. The van der Waals surface area contributed by atoms with Crippen LogP contribution in [0.2, 0.25) is 0 Å². The van der Waals surface area contributed by atoms with Crippen molar-refractivity contribution in [2.75, 3.05) is 18.0 Å². The van der Waals surface area contributed by atoms with Gasteiger partial charge < -0.3 is 10.2 Å². The lowest BCUT2D eigenvalue weighted by molar-refractivity contribution is 0.550. The molecule has 1 fully saturated rings. The molecule has 0 spiro atoms. The van der Waals surface area contributed by atoms with Crippen LogP contribution in [0.5, 0.6) is 0 Å². The van der Waals surface area contributed by atoms with Crippen molar-refractivity contribution < 1.29 is 4.39 Å². The summed E-state index contributed by atoms with van der Waals surface area (Å²) in [7, 11) is 3.15. The molecule has 4 rings (SSSR count). The second-order valence-corrected chi connectivity index (χ2v) is 7.33. The van der Waals surface area contributed by atoms with Gasteiger partial charge in [-0.15, -0.1) is 0 Å². The van der Waals surface area contributed by atoms with Gasteiger partial charge in [-0.05, 0) is 18.6 Å². The van der Waals surface area contributed by atoms with Crippen molar-refractivity contribution in [2.24, 2.45) is 14.1 Å². The van der Waals surface area contributed by atoms with Crippen LogP contribution in [0.3, 0.4) is 0 Å². The Morgan fingerprint density at radius 3 is 2.86 bits per heavy atom. The zero-order valence-corrected chi connectivity index (χ0v) is 16.4. The van der Waals surface area contributed by atoms with Crippen molar-refractivity contribution in [3.63, 3.8) is 0 Å². The summed E-state index contributed by atoms with van der Waals surface area (Å²) in [5.41, 5.74) is 1.86. The Labute approximate surface area is 166 Å². The van der Waals surface area contributed by atoms with Gasteiger partial charge in [0, 0.05) is 57.0 Å². The highest BCUT2D eigenvalue weighted by Gasteiger charge is 2.25. The van der Waals surface area contributed by atoms with Crippen LogP contribution in [0.4, 0.5) is 10.2 Å². The van der Waals surface area contributed by atoms with Crippen LogP contribution in [0.25, 0.3) is 11.3 Å². The maximum Gasteiger partial charge on any atom is 0.332 e. The maximum atomic E-state index is 13.5. The van der Waals surface area contributed by atoms with Gasteiger partial charge in [0.25, 0.3) is 5.56 Å². The minimum Gasteiger partial charge on any atom is -0.356 e. The molecule has 3 aromatic rings. The van der Waals surface area contributed by atoms with Crippen molar-refractivity contribution in [3.05, 3.63) is 68.7 Å². The Morgan fingerprint density at radius 1 is 1.24 bits per heavy atom. The third-order valence-corrected chi connectivity index (χ3v) is 5.43. The van der Waals surface area contributed by atoms with E-state index in [0.29, 0.717) is 18.9 Å². The van der Waals surface area contributed by atoms with Crippen LogP contribution in [-0.2, 0) is 20.6 Å². The Morgan fingerprint density at radius 2 is 2.07 bits per heavy atom. The van der Waals surface area contributed by atoms with E-state index in [1.165, 1.54) is 29.8 Å². The molecule has 0 aliphatic carbocycles. The molecular formula is C20H23FN6O2. The van der Waals surface area contributed by atoms with Crippen molar-refractivity contribution in [1.29, 1.82) is 0 Å². The average molecular weight is 398 g/mol. The van der Waals surface area contributed by atoms with E-state index < -0.39 is 0 Å². The number of hydrogen-bond acceptors (Lipinski definition) is 5. The van der Waals surface area contributed by atoms with Crippen molar-refractivity contribution >= 4 is 5.82 Å². The fourth-order valence-electron chi connectivity index (χ4n) is 3.75. The molecule has 0 saturated carbocycles. The molecule has 9 heteroatoms. The van der Waals surface area contributed by atoms with Crippen LogP contribution in [0, 0.1) is 5.82 Å². The number of benzene rings is 1. The topological polar surface area (TPSA) is 87.9 Å². The smallest absolute Gasteiger partial charge is 0.332 e. The first-order valence-corrected chi connectivity index (χ1v) is 9.47. The highest BCUT2D eigenvalue weighted by Crippen LogP contribution is 2.23. The number of halogens is 1. The van der Waals surface area contributed by atoms with E-state index >= 15 is 0 Å². The first kappa shape index (κ1) is 19.1. The number of hydrogen-bond donors (Lipinski definition) is 2. The van der Waals surface area contributed by atoms with E-state index in [-0.39, 0.29) is 23.1 Å². The second-order valence-electron chi connectivity index (χ2n) is 7.33. The molecule has 1 atom stereocenters. The van der Waals surface area contributed by atoms with Crippen LogP contribution < -0.4 is 21.5 Å². The molecule has 8 nitrogen and oxygen atoms in total. The number of nitrogens with zero attached hydrogens (tertiary/aromatic N) is 4. The summed E-state index contributed by atoms with van der Waals surface area (Å²) in [5, 5.41) is 10.5. The van der Waals surface area contributed by atoms with Gasteiger partial charge in [0.1, 0.15) is 11.6 Å². The van der Waals surface area contributed by atoms with E-state index in [4.69, 9.17) is 0 Å². The molecule has 1 aliphatic heterocycles. The van der Waals surface area contributed by atoms with Gasteiger partial charge in [-0.3, -0.25) is 19.0 Å². The molecule has 152 valence electrons. The van der Waals surface area contributed by atoms with E-state index in [9.17, 15) is 14.0 Å². The van der Waals surface area contributed by atoms with E-state index in [0.717, 1.165) is 34.4 Å². The molecule has 0 amide bonds. The van der Waals surface area contributed by atoms with Crippen molar-refractivity contribution in [1.82, 2.24) is 24.6 Å². The van der Waals surface area contributed by atoms with Crippen LogP contribution in [0.1, 0.15) is 12.0 Å². The van der Waals surface area contributed by atoms with Gasteiger partial charge in [0.05, 0.1) is 11.9 Å². The summed E-state index contributed by atoms with van der Waals surface area (Å²) in [5.74, 6) is 0.341. The molecular weight excluding hydrogens is 375 g/mol. The molecule has 3 heterocycles. The summed E-state index contributed by atoms with van der Waals surface area (Å²) in [6.45, 7) is 2.02. The number of rotatable bonds is 5. The molecule has 1 saturated heterocycles. The standard InChI is InChI=1S/C20H23FN6O2/c1-25-17(9-18(28)26(2)20(25)29)27-7-6-16(12-27)22-10-14-11-23-24-19(14)13-4-3-5-15(21)8-13/h3-5,8-9,11,16,22H,6-7,10,12H2,1-2H3,(H,23,24)/t16-/m1/s1. The lowest BCUT2D eigenvalue weighted by Crippen LogP contribution is -2.40. The van der Waals surface area contributed by atoms with Gasteiger partial charge in [-0.1, -0.05) is 12.1 Å². The third kappa shape index (κ3) is 3.73. The number of aromatic nitrogens is 4. The number of aromatic amines is 1. The molecule has 1 aliphatic rings. The SMILES string of the molecule is Cn1c(N2CC[C@@H](NCc3cn[nH]c3-c3cccc(F)c3)C2)cc(=O)n(C)c1=O. The predicted octanol–water partition coefficient (Wildman–Crippen LogP) is 0.982. The van der Waals surface area contributed by atoms with Gasteiger partial charge in [0.2, 0.25) is 0 Å². The Hall–Kier alpha value is -3.20. The first-order valence-electron chi connectivity index (χ1n) is 9.47. The quantitative estimate of drug-likeness (QED) is 0.669. The summed E-state index contributed by atoms with van der Waals surface area (Å²) in [4.78, 5) is 26.2. The van der Waals surface area contributed by atoms with Gasteiger partial charge >= 0.3 is 5.69 Å². The van der Waals surface area contributed by atoms with Crippen LogP contribution in [0.15, 0.2) is 46.1 Å². The van der Waals surface area contributed by atoms with E-state index in [2.05, 4.69) is 15.5 Å². The summed E-state index contributed by atoms with van der Waals surface area (Å²) >= 11 is 0. The number of anilines is 1. The molecule has 2 aromatic heterocycles.